The van der Waals surface area contributed by atoms with Crippen molar-refractivity contribution in [2.75, 3.05) is 0 Å². The van der Waals surface area contributed by atoms with Crippen molar-refractivity contribution in [3.63, 3.8) is 0 Å². The number of unbranched alkanes of at least 4 members (excludes halogenated alkanes) is 2. The van der Waals surface area contributed by atoms with Gasteiger partial charge >= 0.3 is 0 Å². The minimum Gasteiger partial charge on any atom is -0.0654 e. The number of hydrogen-bond acceptors (Lipinski definition) is 0. The molecule has 0 heteroatoms. The second kappa shape index (κ2) is 43.6. The highest BCUT2D eigenvalue weighted by atomic mass is 14.4. The summed E-state index contributed by atoms with van der Waals surface area (Å²) in [6.45, 7) is 28.6. The van der Waals surface area contributed by atoms with Crippen LogP contribution in [0.3, 0.4) is 0 Å². The smallest absolute Gasteiger partial charge is 0.0383 e. The van der Waals surface area contributed by atoms with Crippen LogP contribution in [0.5, 0.6) is 0 Å². The van der Waals surface area contributed by atoms with Crippen LogP contribution in [0.4, 0.5) is 0 Å². The fraction of sp³-hybridized carbons (Fsp3) is 1.00. The van der Waals surface area contributed by atoms with Crippen molar-refractivity contribution in [1.82, 2.24) is 0 Å². The zero-order valence-electron chi connectivity index (χ0n) is 57.0. The van der Waals surface area contributed by atoms with E-state index in [9.17, 15) is 0 Å². The molecule has 9 atom stereocenters. The summed E-state index contributed by atoms with van der Waals surface area (Å²) in [6.07, 6.45) is 73.8. The highest BCUT2D eigenvalue weighted by Gasteiger charge is 2.35. The monoisotopic (exact) mass is 1100 g/mol. The van der Waals surface area contributed by atoms with Gasteiger partial charge in [0.05, 0.1) is 0 Å². The van der Waals surface area contributed by atoms with E-state index in [0.717, 1.165) is 107 Å². The summed E-state index contributed by atoms with van der Waals surface area (Å²) in [5.74, 6) is 19.1. The normalized spacial score (nSPS) is 31.6. The van der Waals surface area contributed by atoms with Gasteiger partial charge in [-0.2, -0.15) is 0 Å². The molecule has 0 N–H and O–H groups in total. The van der Waals surface area contributed by atoms with Gasteiger partial charge in [0.2, 0.25) is 0 Å². The maximum Gasteiger partial charge on any atom is -0.0383 e. The third kappa shape index (κ3) is 28.4. The predicted octanol–water partition coefficient (Wildman–Crippen LogP) is 27.5. The zero-order valence-corrected chi connectivity index (χ0v) is 57.0. The molecule has 0 amide bonds. The van der Waals surface area contributed by atoms with Crippen LogP contribution in [0.2, 0.25) is 0 Å². The number of rotatable bonds is 26. The minimum absolute atomic E-state index is 0.963. The Morgan fingerprint density at radius 1 is 0.329 bits per heavy atom. The third-order valence-electron chi connectivity index (χ3n) is 25.3. The Bertz CT molecular complexity index is 1320. The summed E-state index contributed by atoms with van der Waals surface area (Å²) < 4.78 is 0. The Labute approximate surface area is 501 Å². The molecule has 0 radical (unpaired) electrons. The second-order valence-corrected chi connectivity index (χ2v) is 31.3. The van der Waals surface area contributed by atoms with E-state index in [2.05, 4.69) is 83.1 Å². The van der Waals surface area contributed by atoms with E-state index >= 15 is 0 Å². The van der Waals surface area contributed by atoms with Crippen LogP contribution < -0.4 is 0 Å². The van der Waals surface area contributed by atoms with Gasteiger partial charge in [-0.05, 0) is 184 Å². The van der Waals surface area contributed by atoms with Gasteiger partial charge in [-0.3, -0.25) is 0 Å². The lowest BCUT2D eigenvalue weighted by atomic mass is 9.68. The molecule has 0 saturated heterocycles. The van der Waals surface area contributed by atoms with Crippen LogP contribution in [0.25, 0.3) is 0 Å². The van der Waals surface area contributed by atoms with Gasteiger partial charge in [-0.1, -0.05) is 321 Å². The average Bonchev–Trinajstić information content (AvgIpc) is 4.19. The maximum absolute atomic E-state index is 2.49. The SMILES string of the molecule is CC1CCC(C2CCC(C3CCCCC3)CC2)C1.CC1CCC(C2CCCCC2)CC1.CCC(CC)CCCC1CCCC(C)C1C.CCCC(C)CCC.CCCCCC1CCC1CCC(CC)CC(CCC)C1CCCC1. The Balaban J connectivity index is 0.000000221. The van der Waals surface area contributed by atoms with Gasteiger partial charge in [0.25, 0.3) is 0 Å². The molecule has 8 fully saturated rings. The van der Waals surface area contributed by atoms with Gasteiger partial charge in [0.15, 0.2) is 0 Å². The third-order valence-corrected chi connectivity index (χ3v) is 25.3. The van der Waals surface area contributed by atoms with Crippen molar-refractivity contribution < 1.29 is 0 Å². The zero-order chi connectivity index (χ0) is 57.0. The first-order chi connectivity index (χ1) is 38.5. The lowest BCUT2D eigenvalue weighted by Crippen LogP contribution is -2.26. The standard InChI is InChI=1S/C24H46.C18H32.C16H32.C13H24.C8H18/c1-4-7-8-12-22-17-18-23(22)16-15-20(6-3)19-24(11-5-2)21-13-9-10-14-21;1-14-7-8-18(13-14)17-11-9-16(10-12-17)15-5-3-2-4-6-15;1-5-15(6-2)10-8-12-16-11-7-9-13(3)14(16)4;1-11-7-9-13(10-8-11)12-5-3-2-4-6-12;1-4-6-8(3)7-5-2/h20-24H,4-19H2,1-3H3;14-18H,2-13H2,1H3;13-16H,5-12H2,1-4H3;11-13H,2-10H2,1H3;8H,4-7H2,1-3H3. The minimum atomic E-state index is 0.963. The molecule has 468 valence electrons. The van der Waals surface area contributed by atoms with Gasteiger partial charge in [0.1, 0.15) is 0 Å². The summed E-state index contributed by atoms with van der Waals surface area (Å²) in [6, 6.07) is 0. The molecule has 0 bridgehead atoms. The molecule has 8 aliphatic carbocycles. The summed E-state index contributed by atoms with van der Waals surface area (Å²) >= 11 is 0. The highest BCUT2D eigenvalue weighted by molar-refractivity contribution is 4.87. The van der Waals surface area contributed by atoms with Crippen molar-refractivity contribution in [1.29, 1.82) is 0 Å². The van der Waals surface area contributed by atoms with Crippen molar-refractivity contribution in [2.24, 2.45) is 107 Å². The lowest BCUT2D eigenvalue weighted by Gasteiger charge is -2.38. The molecule has 0 spiro atoms. The molecule has 0 heterocycles. The largest absolute Gasteiger partial charge is 0.0654 e. The van der Waals surface area contributed by atoms with Gasteiger partial charge < -0.3 is 0 Å². The van der Waals surface area contributed by atoms with E-state index in [0.29, 0.717) is 0 Å². The molecule has 0 nitrogen and oxygen atoms in total. The summed E-state index contributed by atoms with van der Waals surface area (Å²) in [4.78, 5) is 0. The first-order valence-corrected chi connectivity index (χ1v) is 38.5. The fourth-order valence-corrected chi connectivity index (χ4v) is 19.1. The molecular weight excluding hydrogens is 949 g/mol. The Kier molecular flexibility index (Phi) is 39.4. The topological polar surface area (TPSA) is 0 Å². The molecule has 0 aromatic carbocycles. The molecule has 79 heavy (non-hydrogen) atoms. The molecule has 0 aromatic heterocycles. The molecule has 0 aromatic rings. The molecule has 9 unspecified atom stereocenters. The van der Waals surface area contributed by atoms with Crippen molar-refractivity contribution in [3.05, 3.63) is 0 Å². The predicted molar refractivity (Wildman–Crippen MR) is 357 cm³/mol. The van der Waals surface area contributed by atoms with Crippen molar-refractivity contribution in [3.8, 4) is 0 Å². The summed E-state index contributed by atoms with van der Waals surface area (Å²) in [7, 11) is 0. The van der Waals surface area contributed by atoms with E-state index in [1.807, 2.05) is 0 Å². The molecule has 8 saturated carbocycles. The lowest BCUT2D eigenvalue weighted by molar-refractivity contribution is 0.133. The Hall–Kier alpha value is 0. The van der Waals surface area contributed by atoms with Crippen LogP contribution >= 0.6 is 0 Å². The first kappa shape index (κ1) is 71.5. The van der Waals surface area contributed by atoms with E-state index < -0.39 is 0 Å². The van der Waals surface area contributed by atoms with Crippen LogP contribution in [0, 0.1) is 107 Å². The summed E-state index contributed by atoms with van der Waals surface area (Å²) in [5, 5.41) is 0. The maximum atomic E-state index is 2.49. The van der Waals surface area contributed by atoms with Gasteiger partial charge in [-0.15, -0.1) is 0 Å². The van der Waals surface area contributed by atoms with Crippen LogP contribution in [-0.4, -0.2) is 0 Å². The average molecular weight is 1100 g/mol. The van der Waals surface area contributed by atoms with Crippen LogP contribution in [0.1, 0.15) is 398 Å². The van der Waals surface area contributed by atoms with Crippen LogP contribution in [0.15, 0.2) is 0 Å². The van der Waals surface area contributed by atoms with E-state index in [1.54, 1.807) is 122 Å². The Morgan fingerprint density at radius 3 is 1.29 bits per heavy atom. The van der Waals surface area contributed by atoms with Crippen molar-refractivity contribution in [2.45, 2.75) is 398 Å². The van der Waals surface area contributed by atoms with E-state index in [4.69, 9.17) is 0 Å². The van der Waals surface area contributed by atoms with Crippen LogP contribution in [-0.2, 0) is 0 Å². The van der Waals surface area contributed by atoms with E-state index in [1.165, 1.54) is 193 Å². The number of hydrogen-bond donors (Lipinski definition) is 0. The molecule has 8 aliphatic rings. The van der Waals surface area contributed by atoms with Gasteiger partial charge in [-0.25, -0.2) is 0 Å². The molecular formula is C79H152. The second-order valence-electron chi connectivity index (χ2n) is 31.3. The van der Waals surface area contributed by atoms with Crippen molar-refractivity contribution >= 4 is 0 Å². The Morgan fingerprint density at radius 2 is 0.797 bits per heavy atom. The quantitative estimate of drug-likeness (QED) is 0.0758. The molecule has 8 rings (SSSR count). The summed E-state index contributed by atoms with van der Waals surface area (Å²) in [5.41, 5.74) is 0. The van der Waals surface area contributed by atoms with E-state index in [-0.39, 0.29) is 0 Å². The highest BCUT2D eigenvalue weighted by Crippen LogP contribution is 2.48. The first-order valence-electron chi connectivity index (χ1n) is 38.5. The van der Waals surface area contributed by atoms with Gasteiger partial charge in [0, 0.05) is 0 Å². The molecule has 0 aliphatic heterocycles. The fourth-order valence-electron chi connectivity index (χ4n) is 19.1.